The Bertz CT molecular complexity index is 5670. The molecule has 3 amide bonds. The second-order valence-corrected chi connectivity index (χ2v) is 46.5. The van der Waals surface area contributed by atoms with Crippen LogP contribution in [0.15, 0.2) is 146 Å². The van der Waals surface area contributed by atoms with Crippen LogP contribution in [-0.2, 0) is 75.1 Å². The number of ether oxygens (including phenoxy) is 4. The molecule has 676 valence electrons. The summed E-state index contributed by atoms with van der Waals surface area (Å²) in [6, 6.07) is 34.2. The van der Waals surface area contributed by atoms with E-state index < -0.39 is 74.7 Å². The molecule has 27 heteroatoms. The van der Waals surface area contributed by atoms with E-state index in [-0.39, 0.29) is 74.6 Å². The quantitative estimate of drug-likeness (QED) is 0.111. The van der Waals surface area contributed by atoms with Gasteiger partial charge in [0.15, 0.2) is 5.78 Å². The van der Waals surface area contributed by atoms with Gasteiger partial charge in [0.2, 0.25) is 30.1 Å². The number of ketones is 1. The predicted molar refractivity (Wildman–Crippen MR) is 497 cm³/mol. The minimum atomic E-state index is -3.93. The highest BCUT2D eigenvalue weighted by Crippen LogP contribution is 2.54. The number of hydrogen-bond donors (Lipinski definition) is 4. The predicted octanol–water partition coefficient (Wildman–Crippen LogP) is 17.4. The molecule has 0 radical (unpaired) electrons. The van der Waals surface area contributed by atoms with Crippen molar-refractivity contribution in [2.24, 2.45) is 53.3 Å². The molecule has 3 fully saturated rings. The number of rotatable bonds is 1. The maximum atomic E-state index is 13.4. The van der Waals surface area contributed by atoms with Crippen LogP contribution in [0.5, 0.6) is 17.2 Å². The summed E-state index contributed by atoms with van der Waals surface area (Å²) in [5.74, 6) is 0.697. The van der Waals surface area contributed by atoms with E-state index in [1.165, 1.54) is 33.4 Å². The maximum Gasteiger partial charge on any atom is 0.264 e. The molecule has 6 bridgehead atoms. The molecule has 12 aliphatic rings. The summed E-state index contributed by atoms with van der Waals surface area (Å²) < 4.78 is 112. The number of hydrogen-bond acceptors (Lipinski definition) is 18. The van der Waals surface area contributed by atoms with Gasteiger partial charge in [-0.2, -0.15) is 0 Å². The van der Waals surface area contributed by atoms with Crippen molar-refractivity contribution in [2.75, 3.05) is 80.9 Å². The third-order valence-corrected chi connectivity index (χ3v) is 37.5. The first kappa shape index (κ1) is 91.4. The third kappa shape index (κ3) is 18.4. The van der Waals surface area contributed by atoms with Gasteiger partial charge in [-0.05, 0) is 328 Å². The summed E-state index contributed by atoms with van der Waals surface area (Å²) in [6.45, 7) is 20.2. The number of carbonyl (C=O) groups is 4. The summed E-state index contributed by atoms with van der Waals surface area (Å²) in [5, 5.41) is 11.4. The molecule has 6 aliphatic heterocycles. The van der Waals surface area contributed by atoms with E-state index in [2.05, 4.69) is 84.3 Å². The van der Waals surface area contributed by atoms with Crippen molar-refractivity contribution in [1.82, 2.24) is 14.2 Å². The maximum absolute atomic E-state index is 13.4. The fraction of sp³-hybridized carbons (Fsp3) is 0.535. The van der Waals surface area contributed by atoms with Crippen molar-refractivity contribution in [3.63, 3.8) is 0 Å². The smallest absolute Gasteiger partial charge is 0.264 e. The van der Waals surface area contributed by atoms with Gasteiger partial charge in [-0.15, -0.1) is 0 Å². The molecular formula is C99H121Cl3N6O15S3. The number of allylic oxidation sites excluding steroid dienone is 4. The average Bonchev–Trinajstić information content (AvgIpc) is 1.55. The molecule has 0 saturated heterocycles. The summed E-state index contributed by atoms with van der Waals surface area (Å²) in [6.07, 6.45) is 27.7. The summed E-state index contributed by atoms with van der Waals surface area (Å²) in [7, 11) is -9.99. The molecule has 18 rings (SSSR count). The van der Waals surface area contributed by atoms with Crippen molar-refractivity contribution in [1.29, 1.82) is 0 Å². The van der Waals surface area contributed by atoms with Gasteiger partial charge in [-0.1, -0.05) is 104 Å². The van der Waals surface area contributed by atoms with Gasteiger partial charge in [0.25, 0.3) is 17.7 Å². The third-order valence-electron chi connectivity index (χ3n) is 31.1. The zero-order valence-corrected chi connectivity index (χ0v) is 78.5. The van der Waals surface area contributed by atoms with Crippen LogP contribution in [0.2, 0.25) is 15.1 Å². The van der Waals surface area contributed by atoms with Gasteiger partial charge >= 0.3 is 0 Å². The SMILES string of the molecule is CO[C@@]1(C)/C=C/C[C@H](C)[C@@H](C)S(=O)(=O)NC(=O)c2ccc3c(c2)N(C[C@@H]2CC[C@H]21)C[C@@]1(CCCc2cc(Cl)ccc21)CO3.C[C@@H]1[C@@H](C)C/C=C/C(=O)[C@@H]2CC[C@H]2CN2C[C@@]3(CCCc4cc(Cl)ccc43)COc3ccc(cc32)C(=O)NS1(=O)=O.C[C@@H]1[C@@H](C)C/C=C/[C@](C)(O)[C@@H]2CC[C@H]2CN2C[C@@]3(CCCc4cc(Cl)ccc43)COc3ccc(cc32)C(=O)NS1(=O)=O. The number of methoxy groups -OCH3 is 1. The Morgan fingerprint density at radius 1 is 0.437 bits per heavy atom. The summed E-state index contributed by atoms with van der Waals surface area (Å²) in [5.41, 5.74) is 8.51. The number of nitrogens with zero attached hydrogens (tertiary/aromatic N) is 3. The monoisotopic (exact) mass is 1830 g/mol. The molecule has 3 saturated carbocycles. The zero-order chi connectivity index (χ0) is 89.4. The van der Waals surface area contributed by atoms with E-state index in [4.69, 9.17) is 53.8 Å². The van der Waals surface area contributed by atoms with Crippen molar-refractivity contribution >= 4 is 105 Å². The van der Waals surface area contributed by atoms with Crippen molar-refractivity contribution < 1.29 is 68.5 Å². The highest BCUT2D eigenvalue weighted by Gasteiger charge is 2.52. The van der Waals surface area contributed by atoms with E-state index in [0.717, 1.165) is 142 Å². The molecule has 0 unspecified atom stereocenters. The first-order chi connectivity index (χ1) is 59.9. The number of sulfonamides is 3. The van der Waals surface area contributed by atoms with E-state index in [1.54, 1.807) is 82.5 Å². The lowest BCUT2D eigenvalue weighted by atomic mass is 9.64. The van der Waals surface area contributed by atoms with Crippen LogP contribution in [0, 0.1) is 53.3 Å². The molecule has 17 atom stereocenters. The number of halogens is 3. The summed E-state index contributed by atoms with van der Waals surface area (Å²) >= 11 is 19.2. The van der Waals surface area contributed by atoms with Crippen LogP contribution in [0.1, 0.15) is 216 Å². The molecular weight excluding hydrogens is 1720 g/mol. The lowest BCUT2D eigenvalue weighted by molar-refractivity contribution is -0.122. The Morgan fingerprint density at radius 3 is 1.13 bits per heavy atom. The Kier molecular flexibility index (Phi) is 26.2. The van der Waals surface area contributed by atoms with Gasteiger partial charge in [-0.3, -0.25) is 19.2 Å². The van der Waals surface area contributed by atoms with E-state index in [0.29, 0.717) is 99.9 Å². The molecule has 6 aliphatic carbocycles. The van der Waals surface area contributed by atoms with E-state index in [9.17, 15) is 49.5 Å². The molecule has 6 heterocycles. The van der Waals surface area contributed by atoms with Gasteiger partial charge < -0.3 is 38.8 Å². The molecule has 126 heavy (non-hydrogen) atoms. The molecule has 4 N–H and O–H groups in total. The number of aliphatic hydroxyl groups is 1. The number of anilines is 3. The minimum absolute atomic E-state index is 0.0666. The summed E-state index contributed by atoms with van der Waals surface area (Å²) in [4.78, 5) is 60.2. The molecule has 6 aromatic carbocycles. The van der Waals surface area contributed by atoms with E-state index >= 15 is 0 Å². The Balaban J connectivity index is 0.000000139. The van der Waals surface area contributed by atoms with Gasteiger partial charge in [0.1, 0.15) is 17.2 Å². The molecule has 21 nitrogen and oxygen atoms in total. The van der Waals surface area contributed by atoms with Crippen LogP contribution in [0.4, 0.5) is 17.1 Å². The number of nitrogens with one attached hydrogen (secondary N) is 3. The Morgan fingerprint density at radius 2 is 0.786 bits per heavy atom. The Labute approximate surface area is 759 Å². The van der Waals surface area contributed by atoms with Gasteiger partial charge in [0, 0.05) is 100 Å². The second kappa shape index (κ2) is 36.1. The first-order valence-corrected chi connectivity index (χ1v) is 51.1. The zero-order valence-electron chi connectivity index (χ0n) is 73.7. The largest absolute Gasteiger partial charge is 0.490 e. The van der Waals surface area contributed by atoms with Crippen molar-refractivity contribution in [3.05, 3.63) is 211 Å². The lowest BCUT2D eigenvalue weighted by Crippen LogP contribution is -2.52. The highest BCUT2D eigenvalue weighted by molar-refractivity contribution is 7.91. The van der Waals surface area contributed by atoms with Gasteiger partial charge in [-0.25, -0.2) is 39.4 Å². The number of fused-ring (bicyclic) bond motifs is 12. The number of carbonyl (C=O) groups excluding carboxylic acids is 4. The van der Waals surface area contributed by atoms with Gasteiger partial charge in [0.05, 0.1) is 63.8 Å². The molecule has 3 spiro atoms. The van der Waals surface area contributed by atoms with Crippen LogP contribution in [-0.4, -0.2) is 147 Å². The van der Waals surface area contributed by atoms with Crippen LogP contribution in [0.3, 0.4) is 0 Å². The van der Waals surface area contributed by atoms with Crippen LogP contribution in [0.25, 0.3) is 0 Å². The highest BCUT2D eigenvalue weighted by atomic mass is 35.5. The fourth-order valence-corrected chi connectivity index (χ4v) is 26.7. The fourth-order valence-electron chi connectivity index (χ4n) is 22.2. The normalized spacial score (nSPS) is 33.9. The van der Waals surface area contributed by atoms with Crippen molar-refractivity contribution in [2.45, 2.75) is 214 Å². The topological polar surface area (TPSA) is 274 Å². The Hall–Kier alpha value is -7.94. The minimum Gasteiger partial charge on any atom is -0.490 e. The standard InChI is InChI=1S/C34H43ClN2O5S.C33H41ClN2O5S.C32H37ClN2O5S/c1-22-7-5-15-33(3,41-4)28-12-9-26(28)19-37-20-34(16-6-8-24-17-27(35)11-13-29(24)34)21-42-31-14-10-25(18-30(31)37)32(38)36-43(39,40)23(22)2;1-21-6-4-14-32(3,38)27-11-8-25(27)18-36-19-33(15-5-7-23-16-26(34)10-12-28(23)33)20-41-30-13-9-24(17-29(30)36)31(37)35-42(39,40)22(21)2;1-20-5-3-7-29(36)26-11-8-24(26)17-35-18-32(14-4-6-22-15-25(33)10-12-27(22)32)19-40-30-13-9-23(16-28(30)35)31(37)34-41(38,39)21(20)2/h5,10-11,13-15,17-18,22-23,26,28H,6-9,12,16,19-21H2,1-4H3,(H,36,38);4,9-10,12-14,16-17,21-22,25,27,38H,5-8,11,15,18-20H2,1-3H3,(H,35,37);3,7,9-10,12-13,15-16,20-21,24,26H,4-6,8,11,14,17-19H2,1-2H3,(H,34,37)/b15-5+;14-4+;7-3+/t22-,23+,26-,28+,33-,34-;21-,22+,25-,27+,32-,33-;20-,21+,24-,26+,32-/m000/s1. The number of amides is 3. The van der Waals surface area contributed by atoms with Crippen LogP contribution < -0.4 is 43.1 Å². The lowest BCUT2D eigenvalue weighted by Gasteiger charge is -2.49. The molecule has 6 aromatic rings. The van der Waals surface area contributed by atoms with E-state index in [1.807, 2.05) is 70.2 Å². The second-order valence-electron chi connectivity index (χ2n) is 39.1. The molecule has 0 aromatic heterocycles. The van der Waals surface area contributed by atoms with Crippen molar-refractivity contribution in [3.8, 4) is 17.2 Å². The average molecular weight is 1840 g/mol. The number of benzene rings is 6. The first-order valence-electron chi connectivity index (χ1n) is 45.3. The van der Waals surface area contributed by atoms with Crippen LogP contribution >= 0.6 is 34.8 Å². The number of aryl methyl sites for hydroxylation is 3.